The number of carbonyl (C=O) groups excluding carboxylic acids is 3. The molecule has 0 saturated carbocycles. The van der Waals surface area contributed by atoms with E-state index >= 15 is 0 Å². The van der Waals surface area contributed by atoms with E-state index in [9.17, 15) is 29.4 Å². The summed E-state index contributed by atoms with van der Waals surface area (Å²) in [5.74, 6) is -2.50. The summed E-state index contributed by atoms with van der Waals surface area (Å²) in [7, 11) is 0. The number of hydrogen-bond donors (Lipinski definition) is 6. The van der Waals surface area contributed by atoms with E-state index in [1.54, 1.807) is 6.20 Å². The Hall–Kier alpha value is -2.64. The molecule has 1 aromatic heterocycles. The summed E-state index contributed by atoms with van der Waals surface area (Å²) in [6.07, 6.45) is 4.98. The maximum atomic E-state index is 12.9. The number of aromatic amines is 1. The summed E-state index contributed by atoms with van der Waals surface area (Å²) in [6, 6.07) is -4.23. The molecule has 7 N–H and O–H groups in total. The molecule has 0 radical (unpaired) electrons. The molecule has 1 aliphatic heterocycles. The van der Waals surface area contributed by atoms with Gasteiger partial charge < -0.3 is 36.5 Å². The number of nitrogens with two attached hydrogens (primary N) is 1. The molecule has 1 saturated heterocycles. The highest BCUT2D eigenvalue weighted by atomic mass is 32.2. The molecule has 1 aliphatic rings. The Morgan fingerprint density at radius 2 is 2.09 bits per heavy atom. The lowest BCUT2D eigenvalue weighted by molar-refractivity contribution is -0.144. The number of aliphatic hydroxyl groups is 1. The minimum atomic E-state index is -1.37. The van der Waals surface area contributed by atoms with Crippen LogP contribution in [0.25, 0.3) is 0 Å². The van der Waals surface area contributed by atoms with Gasteiger partial charge in [-0.1, -0.05) is 0 Å². The molecule has 1 aromatic rings. The molecule has 1 fully saturated rings. The van der Waals surface area contributed by atoms with E-state index in [1.165, 1.54) is 29.9 Å². The number of aliphatic hydroxyl groups excluding tert-OH is 1. The van der Waals surface area contributed by atoms with Gasteiger partial charge in [0.2, 0.25) is 17.7 Å². The first-order valence-corrected chi connectivity index (χ1v) is 12.1. The number of nitrogens with zero attached hydrogens (tertiary/aromatic N) is 2. The quantitative estimate of drug-likeness (QED) is 0.204. The summed E-state index contributed by atoms with van der Waals surface area (Å²) >= 11 is 1.44. The second-order valence-electron chi connectivity index (χ2n) is 7.98. The molecule has 12 nitrogen and oxygen atoms in total. The number of likely N-dealkylation sites (tertiary alicyclic amines) is 1. The zero-order valence-electron chi connectivity index (χ0n) is 18.7. The predicted molar refractivity (Wildman–Crippen MR) is 121 cm³/mol. The first kappa shape index (κ1) is 26.6. The highest BCUT2D eigenvalue weighted by Crippen LogP contribution is 2.19. The molecule has 0 bridgehead atoms. The molecule has 0 aromatic carbocycles. The van der Waals surface area contributed by atoms with E-state index in [4.69, 9.17) is 5.73 Å². The number of hydrogen-bond acceptors (Lipinski definition) is 8. The number of amides is 3. The van der Waals surface area contributed by atoms with Gasteiger partial charge in [0.05, 0.1) is 18.5 Å². The number of carboxylic acid groups (broad SMARTS) is 1. The summed E-state index contributed by atoms with van der Waals surface area (Å²) in [4.78, 5) is 58.0. The second-order valence-corrected chi connectivity index (χ2v) is 8.97. The molecular weight excluding hydrogens is 452 g/mol. The number of carboxylic acids is 1. The van der Waals surface area contributed by atoms with Crippen LogP contribution in [-0.2, 0) is 25.6 Å². The lowest BCUT2D eigenvalue weighted by atomic mass is 10.1. The van der Waals surface area contributed by atoms with Crippen molar-refractivity contribution in [2.45, 2.75) is 62.9 Å². The fourth-order valence-electron chi connectivity index (χ4n) is 3.65. The fourth-order valence-corrected chi connectivity index (χ4v) is 4.12. The second kappa shape index (κ2) is 12.6. The van der Waals surface area contributed by atoms with Gasteiger partial charge in [-0.2, -0.15) is 11.8 Å². The van der Waals surface area contributed by atoms with Gasteiger partial charge in [-0.3, -0.25) is 14.4 Å². The topological polar surface area (TPSA) is 191 Å². The van der Waals surface area contributed by atoms with Crippen LogP contribution < -0.4 is 16.4 Å². The van der Waals surface area contributed by atoms with E-state index < -0.39 is 54.0 Å². The zero-order valence-corrected chi connectivity index (χ0v) is 19.5. The number of nitrogens with one attached hydrogen (secondary N) is 3. The van der Waals surface area contributed by atoms with Crippen molar-refractivity contribution in [3.05, 3.63) is 18.2 Å². The van der Waals surface area contributed by atoms with Gasteiger partial charge in [0.15, 0.2) is 0 Å². The third-order valence-corrected chi connectivity index (χ3v) is 6.08. The number of thioether (sulfide) groups is 1. The molecule has 0 aliphatic carbocycles. The lowest BCUT2D eigenvalue weighted by Crippen LogP contribution is -2.59. The van der Waals surface area contributed by atoms with Crippen LogP contribution in [0.1, 0.15) is 31.9 Å². The van der Waals surface area contributed by atoms with Gasteiger partial charge in [-0.05, 0) is 38.2 Å². The molecule has 5 unspecified atom stereocenters. The van der Waals surface area contributed by atoms with Crippen LogP contribution in [0.5, 0.6) is 0 Å². The van der Waals surface area contributed by atoms with Crippen molar-refractivity contribution >= 4 is 35.5 Å². The van der Waals surface area contributed by atoms with Crippen LogP contribution in [0.4, 0.5) is 0 Å². The van der Waals surface area contributed by atoms with Crippen LogP contribution in [0.15, 0.2) is 12.5 Å². The van der Waals surface area contributed by atoms with Crippen LogP contribution in [0.3, 0.4) is 0 Å². The summed E-state index contributed by atoms with van der Waals surface area (Å²) in [6.45, 7) is 1.66. The normalized spacial score (nSPS) is 19.4. The largest absolute Gasteiger partial charge is 0.480 e. The molecule has 0 spiro atoms. The van der Waals surface area contributed by atoms with Gasteiger partial charge in [0.1, 0.15) is 18.1 Å². The molecule has 2 heterocycles. The number of aromatic nitrogens is 2. The number of H-pyrrole nitrogens is 1. The van der Waals surface area contributed by atoms with Crippen molar-refractivity contribution in [3.63, 3.8) is 0 Å². The van der Waals surface area contributed by atoms with Crippen LogP contribution >= 0.6 is 11.8 Å². The SMILES string of the molecule is CSCCC(NC(=O)C(NC(=O)C1CCCN1C(=O)C(N)Cc1cnc[nH]1)C(C)O)C(=O)O. The summed E-state index contributed by atoms with van der Waals surface area (Å²) in [5, 5.41) is 24.2. The molecule has 2 rings (SSSR count). The van der Waals surface area contributed by atoms with Crippen LogP contribution in [0, 0.1) is 0 Å². The van der Waals surface area contributed by atoms with Gasteiger partial charge in [0.25, 0.3) is 0 Å². The number of aliphatic carboxylic acids is 1. The van der Waals surface area contributed by atoms with Crippen LogP contribution in [0.2, 0.25) is 0 Å². The van der Waals surface area contributed by atoms with E-state index in [0.717, 1.165) is 0 Å². The van der Waals surface area contributed by atoms with Crippen molar-refractivity contribution in [2.75, 3.05) is 18.6 Å². The van der Waals surface area contributed by atoms with Crippen molar-refractivity contribution in [1.82, 2.24) is 25.5 Å². The van der Waals surface area contributed by atoms with Crippen molar-refractivity contribution in [1.29, 1.82) is 0 Å². The fraction of sp³-hybridized carbons (Fsp3) is 0.650. The number of carbonyl (C=O) groups is 4. The van der Waals surface area contributed by atoms with E-state index in [1.807, 2.05) is 6.26 Å². The molecule has 5 atom stereocenters. The Morgan fingerprint density at radius 3 is 2.67 bits per heavy atom. The first-order chi connectivity index (χ1) is 15.6. The van der Waals surface area contributed by atoms with E-state index in [0.29, 0.717) is 30.8 Å². The highest BCUT2D eigenvalue weighted by Gasteiger charge is 2.38. The lowest BCUT2D eigenvalue weighted by Gasteiger charge is -2.29. The first-order valence-electron chi connectivity index (χ1n) is 10.7. The summed E-state index contributed by atoms with van der Waals surface area (Å²) < 4.78 is 0. The molecular formula is C20H32N6O6S. The predicted octanol–water partition coefficient (Wildman–Crippen LogP) is -1.54. The maximum Gasteiger partial charge on any atom is 0.326 e. The third kappa shape index (κ3) is 7.44. The Bertz CT molecular complexity index is 820. The molecule has 13 heteroatoms. The van der Waals surface area contributed by atoms with Gasteiger partial charge in [0, 0.05) is 24.9 Å². The van der Waals surface area contributed by atoms with Crippen molar-refractivity contribution in [2.24, 2.45) is 5.73 Å². The van der Waals surface area contributed by atoms with Gasteiger partial charge >= 0.3 is 5.97 Å². The van der Waals surface area contributed by atoms with E-state index in [2.05, 4.69) is 20.6 Å². The Morgan fingerprint density at radius 1 is 1.36 bits per heavy atom. The maximum absolute atomic E-state index is 12.9. The van der Waals surface area contributed by atoms with Crippen LogP contribution in [-0.4, -0.2) is 97.6 Å². The zero-order chi connectivity index (χ0) is 24.5. The van der Waals surface area contributed by atoms with Gasteiger partial charge in [-0.25, -0.2) is 9.78 Å². The smallest absolute Gasteiger partial charge is 0.326 e. The van der Waals surface area contributed by atoms with E-state index in [-0.39, 0.29) is 12.8 Å². The molecule has 3 amide bonds. The molecule has 33 heavy (non-hydrogen) atoms. The van der Waals surface area contributed by atoms with Crippen molar-refractivity contribution in [3.8, 4) is 0 Å². The average molecular weight is 485 g/mol. The Labute approximate surface area is 196 Å². The monoisotopic (exact) mass is 484 g/mol. The Kier molecular flexibility index (Phi) is 10.1. The average Bonchev–Trinajstić information content (AvgIpc) is 3.45. The standard InChI is InChI=1S/C20H32N6O6S/c1-11(27)16(18(29)24-14(20(31)32)5-7-33-2)25-17(28)15-4-3-6-26(15)19(30)13(21)8-12-9-22-10-23-12/h9-11,13-16,27H,3-8,21H2,1-2H3,(H,22,23)(H,24,29)(H,25,28)(H,31,32). The highest BCUT2D eigenvalue weighted by molar-refractivity contribution is 7.98. The Balaban J connectivity index is 2.03. The number of rotatable bonds is 12. The third-order valence-electron chi connectivity index (χ3n) is 5.44. The van der Waals surface area contributed by atoms with Gasteiger partial charge in [-0.15, -0.1) is 0 Å². The number of imidazole rings is 1. The summed E-state index contributed by atoms with van der Waals surface area (Å²) in [5.41, 5.74) is 6.73. The molecule has 184 valence electrons. The minimum Gasteiger partial charge on any atom is -0.480 e. The van der Waals surface area contributed by atoms with Crippen molar-refractivity contribution < 1.29 is 29.4 Å². The minimum absolute atomic E-state index is 0.196.